The zero-order valence-electron chi connectivity index (χ0n) is 9.35. The van der Waals surface area contributed by atoms with Gasteiger partial charge in [-0.3, -0.25) is 4.79 Å². The molecule has 1 heterocycles. The fourth-order valence-electron chi connectivity index (χ4n) is 1.92. The first kappa shape index (κ1) is 10.7. The third-order valence-corrected chi connectivity index (χ3v) is 2.80. The summed E-state index contributed by atoms with van der Waals surface area (Å²) in [7, 11) is 0. The van der Waals surface area contributed by atoms with Crippen LogP contribution < -0.4 is 5.56 Å². The summed E-state index contributed by atoms with van der Waals surface area (Å²) < 4.78 is 13.2. The first-order valence-corrected chi connectivity index (χ1v) is 5.47. The van der Waals surface area contributed by atoms with Crippen LogP contribution >= 0.6 is 0 Å². The van der Waals surface area contributed by atoms with E-state index in [4.69, 9.17) is 0 Å². The predicted octanol–water partition coefficient (Wildman–Crippen LogP) is 2.73. The van der Waals surface area contributed by atoms with Crippen molar-refractivity contribution in [3.63, 3.8) is 0 Å². The lowest BCUT2D eigenvalue weighted by atomic mass is 10.0. The third kappa shape index (κ3) is 1.78. The van der Waals surface area contributed by atoms with Crippen LogP contribution in [0.1, 0.15) is 0 Å². The number of hydrogen-bond acceptors (Lipinski definition) is 2. The van der Waals surface area contributed by atoms with Crippen molar-refractivity contribution >= 4 is 10.9 Å². The fourth-order valence-corrected chi connectivity index (χ4v) is 1.92. The highest BCUT2D eigenvalue weighted by molar-refractivity contribution is 5.83. The van der Waals surface area contributed by atoms with Crippen LogP contribution in [0, 0.1) is 5.82 Å². The second-order valence-electron chi connectivity index (χ2n) is 3.97. The maximum atomic E-state index is 13.2. The Balaban J connectivity index is 2.25. The normalized spacial score (nSPS) is 10.7. The Bertz CT molecular complexity index is 780. The van der Waals surface area contributed by atoms with Crippen LogP contribution in [-0.4, -0.2) is 9.97 Å². The standard InChI is InChI=1S/C14H9FN2O/c15-11-3-1-2-9(6-11)10-4-5-13-12(7-10)14(18)17-8-16-13/h1-8H,(H,16,17,18). The Morgan fingerprint density at radius 3 is 2.72 bits per heavy atom. The van der Waals surface area contributed by atoms with Gasteiger partial charge in [0.1, 0.15) is 5.82 Å². The summed E-state index contributed by atoms with van der Waals surface area (Å²) in [4.78, 5) is 18.2. The number of fused-ring (bicyclic) bond motifs is 1. The quantitative estimate of drug-likeness (QED) is 0.710. The first-order chi connectivity index (χ1) is 8.74. The van der Waals surface area contributed by atoms with Gasteiger partial charge in [0.2, 0.25) is 0 Å². The minimum absolute atomic E-state index is 0.196. The van der Waals surface area contributed by atoms with E-state index in [0.717, 1.165) is 11.1 Å². The maximum Gasteiger partial charge on any atom is 0.258 e. The topological polar surface area (TPSA) is 45.8 Å². The van der Waals surface area contributed by atoms with Gasteiger partial charge in [-0.1, -0.05) is 18.2 Å². The number of nitrogens with one attached hydrogen (secondary N) is 1. The van der Waals surface area contributed by atoms with Crippen molar-refractivity contribution < 1.29 is 4.39 Å². The highest BCUT2D eigenvalue weighted by Gasteiger charge is 2.03. The van der Waals surface area contributed by atoms with Crippen molar-refractivity contribution in [1.29, 1.82) is 0 Å². The van der Waals surface area contributed by atoms with E-state index in [1.165, 1.54) is 18.5 Å². The number of rotatable bonds is 1. The highest BCUT2D eigenvalue weighted by atomic mass is 19.1. The molecule has 0 fully saturated rings. The van der Waals surface area contributed by atoms with Crippen molar-refractivity contribution in [3.05, 3.63) is 65.0 Å². The number of aromatic nitrogens is 2. The summed E-state index contributed by atoms with van der Waals surface area (Å²) in [5.74, 6) is -0.298. The lowest BCUT2D eigenvalue weighted by Crippen LogP contribution is -2.05. The fraction of sp³-hybridized carbons (Fsp3) is 0. The zero-order valence-corrected chi connectivity index (χ0v) is 9.35. The number of halogens is 1. The van der Waals surface area contributed by atoms with Gasteiger partial charge in [0.05, 0.1) is 17.2 Å². The van der Waals surface area contributed by atoms with Gasteiger partial charge in [-0.2, -0.15) is 0 Å². The van der Waals surface area contributed by atoms with Crippen molar-refractivity contribution in [2.75, 3.05) is 0 Å². The molecule has 3 aromatic rings. The van der Waals surface area contributed by atoms with Crippen LogP contribution in [0.2, 0.25) is 0 Å². The Labute approximate surface area is 102 Å². The second kappa shape index (κ2) is 4.07. The van der Waals surface area contributed by atoms with E-state index in [0.29, 0.717) is 10.9 Å². The molecule has 0 amide bonds. The number of H-pyrrole nitrogens is 1. The highest BCUT2D eigenvalue weighted by Crippen LogP contribution is 2.22. The Morgan fingerprint density at radius 2 is 1.89 bits per heavy atom. The molecule has 0 aliphatic carbocycles. The van der Waals surface area contributed by atoms with Gasteiger partial charge < -0.3 is 4.98 Å². The Kier molecular flexibility index (Phi) is 2.41. The molecule has 0 aliphatic heterocycles. The minimum Gasteiger partial charge on any atom is -0.313 e. The van der Waals surface area contributed by atoms with Crippen molar-refractivity contribution in [3.8, 4) is 11.1 Å². The van der Waals surface area contributed by atoms with E-state index in [1.54, 1.807) is 24.3 Å². The molecule has 0 aliphatic rings. The number of aromatic amines is 1. The molecule has 2 aromatic carbocycles. The summed E-state index contributed by atoms with van der Waals surface area (Å²) in [6.45, 7) is 0. The van der Waals surface area contributed by atoms with Crippen LogP contribution in [0.4, 0.5) is 4.39 Å². The van der Waals surface area contributed by atoms with Crippen LogP contribution in [0.15, 0.2) is 53.6 Å². The Hall–Kier alpha value is -2.49. The predicted molar refractivity (Wildman–Crippen MR) is 67.8 cm³/mol. The SMILES string of the molecule is O=c1[nH]cnc2ccc(-c3cccc(F)c3)cc12. The first-order valence-electron chi connectivity index (χ1n) is 5.47. The lowest BCUT2D eigenvalue weighted by Gasteiger charge is -2.03. The molecule has 3 rings (SSSR count). The molecule has 1 N–H and O–H groups in total. The lowest BCUT2D eigenvalue weighted by molar-refractivity contribution is 0.628. The van der Waals surface area contributed by atoms with E-state index >= 15 is 0 Å². The molecule has 0 spiro atoms. The van der Waals surface area contributed by atoms with E-state index < -0.39 is 0 Å². The largest absolute Gasteiger partial charge is 0.313 e. The monoisotopic (exact) mass is 240 g/mol. The number of benzene rings is 2. The molecule has 0 atom stereocenters. The third-order valence-electron chi connectivity index (χ3n) is 2.80. The van der Waals surface area contributed by atoms with Crippen molar-refractivity contribution in [1.82, 2.24) is 9.97 Å². The van der Waals surface area contributed by atoms with Gasteiger partial charge >= 0.3 is 0 Å². The average Bonchev–Trinajstić information content (AvgIpc) is 2.39. The van der Waals surface area contributed by atoms with Gasteiger partial charge in [0.25, 0.3) is 5.56 Å². The zero-order chi connectivity index (χ0) is 12.5. The van der Waals surface area contributed by atoms with Crippen LogP contribution in [-0.2, 0) is 0 Å². The summed E-state index contributed by atoms with van der Waals surface area (Å²) in [5.41, 5.74) is 1.96. The second-order valence-corrected chi connectivity index (χ2v) is 3.97. The molecule has 0 bridgehead atoms. The van der Waals surface area contributed by atoms with Crippen LogP contribution in [0.25, 0.3) is 22.0 Å². The van der Waals surface area contributed by atoms with Gasteiger partial charge in [-0.15, -0.1) is 0 Å². The molecular weight excluding hydrogens is 231 g/mol. The summed E-state index contributed by atoms with van der Waals surface area (Å²) in [5, 5.41) is 0.499. The molecule has 3 nitrogen and oxygen atoms in total. The van der Waals surface area contributed by atoms with Gasteiger partial charge in [0.15, 0.2) is 0 Å². The molecular formula is C14H9FN2O. The van der Waals surface area contributed by atoms with Crippen LogP contribution in [0.5, 0.6) is 0 Å². The molecule has 1 aromatic heterocycles. The van der Waals surface area contributed by atoms with E-state index in [2.05, 4.69) is 9.97 Å². The number of hydrogen-bond donors (Lipinski definition) is 1. The molecule has 0 unspecified atom stereocenters. The average molecular weight is 240 g/mol. The molecule has 18 heavy (non-hydrogen) atoms. The van der Waals surface area contributed by atoms with Crippen molar-refractivity contribution in [2.45, 2.75) is 0 Å². The van der Waals surface area contributed by atoms with Gasteiger partial charge in [-0.25, -0.2) is 9.37 Å². The van der Waals surface area contributed by atoms with Gasteiger partial charge in [-0.05, 0) is 35.4 Å². The van der Waals surface area contributed by atoms with Crippen LogP contribution in [0.3, 0.4) is 0 Å². The smallest absolute Gasteiger partial charge is 0.258 e. The van der Waals surface area contributed by atoms with Gasteiger partial charge in [0, 0.05) is 0 Å². The molecule has 0 radical (unpaired) electrons. The van der Waals surface area contributed by atoms with E-state index in [-0.39, 0.29) is 11.4 Å². The summed E-state index contributed by atoms with van der Waals surface area (Å²) in [6, 6.07) is 11.6. The van der Waals surface area contributed by atoms with E-state index in [9.17, 15) is 9.18 Å². The van der Waals surface area contributed by atoms with Crippen molar-refractivity contribution in [2.24, 2.45) is 0 Å². The van der Waals surface area contributed by atoms with E-state index in [1.807, 2.05) is 6.07 Å². The minimum atomic E-state index is -0.298. The summed E-state index contributed by atoms with van der Waals surface area (Å²) >= 11 is 0. The molecule has 0 saturated heterocycles. The molecule has 4 heteroatoms. The Morgan fingerprint density at radius 1 is 1.06 bits per heavy atom. The molecule has 0 saturated carbocycles. The maximum absolute atomic E-state index is 13.2. The summed E-state index contributed by atoms with van der Waals surface area (Å²) in [6.07, 6.45) is 1.37. The molecule has 88 valence electrons. The number of nitrogens with zero attached hydrogens (tertiary/aromatic N) is 1.